The van der Waals surface area contributed by atoms with Crippen molar-refractivity contribution in [3.8, 4) is 11.4 Å². The summed E-state index contributed by atoms with van der Waals surface area (Å²) in [5, 5.41) is 12.1. The topological polar surface area (TPSA) is 28.2 Å². The van der Waals surface area contributed by atoms with Crippen LogP contribution in [0.3, 0.4) is 0 Å². The number of rotatable bonds is 6. The lowest BCUT2D eigenvalue weighted by molar-refractivity contribution is 0.478. The first-order valence-corrected chi connectivity index (χ1v) is 18.9. The molecular weight excluding hydrogens is 671 g/mol. The second kappa shape index (κ2) is 12.6. The molecule has 2 aromatic heterocycles. The number of hydrogen-bond donors (Lipinski definition) is 0. The molecule has 1 saturated heterocycles. The largest absolute Gasteiger partial charge is 0.309 e. The van der Waals surface area contributed by atoms with E-state index in [1.165, 1.54) is 65.5 Å². The molecule has 3 heterocycles. The molecule has 0 N–H and O–H groups in total. The summed E-state index contributed by atoms with van der Waals surface area (Å²) in [7, 11) is 2.16. The molecule has 1 aliphatic heterocycles. The number of hydrogen-bond acceptors (Lipinski definition) is 2. The monoisotopic (exact) mass is 707 g/mol. The molecule has 2 unspecified atom stereocenters. The van der Waals surface area contributed by atoms with E-state index in [1.54, 1.807) is 0 Å². The predicted octanol–water partition coefficient (Wildman–Crippen LogP) is 11.8. The Morgan fingerprint density at radius 2 is 1.07 bits per heavy atom. The van der Waals surface area contributed by atoms with E-state index in [0.29, 0.717) is 6.54 Å². The summed E-state index contributed by atoms with van der Waals surface area (Å²) in [6.45, 7) is 0.590. The molecule has 10 aromatic rings. The molecule has 0 spiro atoms. The molecule has 1 fully saturated rings. The van der Waals surface area contributed by atoms with Crippen LogP contribution in [0.25, 0.3) is 65.8 Å². The lowest BCUT2D eigenvalue weighted by Gasteiger charge is -2.14. The number of aromatic nitrogens is 2. The minimum atomic E-state index is 0.0872. The highest BCUT2D eigenvalue weighted by Crippen LogP contribution is 2.43. The zero-order chi connectivity index (χ0) is 36.5. The second-order valence-corrected chi connectivity index (χ2v) is 14.5. The second-order valence-electron chi connectivity index (χ2n) is 14.5. The van der Waals surface area contributed by atoms with Gasteiger partial charge in [-0.1, -0.05) is 133 Å². The van der Waals surface area contributed by atoms with Gasteiger partial charge in [0, 0.05) is 45.5 Å². The molecule has 0 radical (unpaired) electrons. The van der Waals surface area contributed by atoms with Gasteiger partial charge in [-0.25, -0.2) is 0 Å². The minimum Gasteiger partial charge on any atom is -0.309 e. The maximum atomic E-state index is 5.36. The lowest BCUT2D eigenvalue weighted by Crippen LogP contribution is -2.17. The van der Waals surface area contributed by atoms with Gasteiger partial charge in [-0.3, -0.25) is 10.0 Å². The van der Waals surface area contributed by atoms with Crippen molar-refractivity contribution in [3.63, 3.8) is 0 Å². The van der Waals surface area contributed by atoms with Crippen LogP contribution >= 0.6 is 0 Å². The molecule has 8 aromatic carbocycles. The summed E-state index contributed by atoms with van der Waals surface area (Å²) < 4.78 is 4.84. The van der Waals surface area contributed by atoms with Crippen LogP contribution in [0, 0.1) is 0 Å². The van der Waals surface area contributed by atoms with Crippen LogP contribution in [-0.4, -0.2) is 32.0 Å². The molecule has 0 amide bonds. The van der Waals surface area contributed by atoms with Crippen molar-refractivity contribution in [2.24, 2.45) is 4.99 Å². The molecule has 11 rings (SSSR count). The number of amidine groups is 1. The van der Waals surface area contributed by atoms with Crippen molar-refractivity contribution in [3.05, 3.63) is 205 Å². The van der Waals surface area contributed by atoms with Crippen molar-refractivity contribution in [2.45, 2.75) is 12.7 Å². The third-order valence-electron chi connectivity index (χ3n) is 11.3. The summed E-state index contributed by atoms with van der Waals surface area (Å²) >= 11 is 0. The minimum absolute atomic E-state index is 0.0872. The normalized spacial score (nSPS) is 15.9. The lowest BCUT2D eigenvalue weighted by atomic mass is 10.1. The fourth-order valence-corrected chi connectivity index (χ4v) is 8.64. The third-order valence-corrected chi connectivity index (χ3v) is 11.3. The maximum Gasteiger partial charge on any atom is 0.147 e. The van der Waals surface area contributed by atoms with Crippen molar-refractivity contribution in [1.29, 1.82) is 0 Å². The zero-order valence-electron chi connectivity index (χ0n) is 30.4. The maximum absolute atomic E-state index is 5.36. The number of benzene rings is 8. The quantitative estimate of drug-likeness (QED) is 0.0978. The van der Waals surface area contributed by atoms with Gasteiger partial charge >= 0.3 is 0 Å². The molecule has 0 aliphatic carbocycles. The number of fused-ring (bicyclic) bond motifs is 7. The Balaban J connectivity index is 1.09. The predicted molar refractivity (Wildman–Crippen MR) is 228 cm³/mol. The molecule has 262 valence electrons. The van der Waals surface area contributed by atoms with Gasteiger partial charge in [0.15, 0.2) is 0 Å². The average Bonchev–Trinajstić information content (AvgIpc) is 3.63. The van der Waals surface area contributed by atoms with Gasteiger partial charge < -0.3 is 9.13 Å². The van der Waals surface area contributed by atoms with Gasteiger partial charge in [0.05, 0.1) is 28.6 Å². The summed E-state index contributed by atoms with van der Waals surface area (Å²) in [5.41, 5.74) is 10.5. The zero-order valence-corrected chi connectivity index (χ0v) is 30.4. The van der Waals surface area contributed by atoms with Crippen LogP contribution in [0.5, 0.6) is 0 Å². The Hall–Kier alpha value is -6.95. The van der Waals surface area contributed by atoms with Crippen molar-refractivity contribution >= 4 is 60.2 Å². The summed E-state index contributed by atoms with van der Waals surface area (Å²) in [4.78, 5) is 5.36. The fraction of sp³-hybridized carbons (Fsp3) is 0.0600. The molecule has 2 atom stereocenters. The summed E-state index contributed by atoms with van der Waals surface area (Å²) in [6.07, 6.45) is 0.0872. The Bertz CT molecular complexity index is 3100. The third kappa shape index (κ3) is 5.16. The number of aliphatic imine (C=N–C) groups is 1. The molecule has 0 saturated carbocycles. The van der Waals surface area contributed by atoms with Gasteiger partial charge in [-0.2, -0.15) is 5.01 Å². The van der Waals surface area contributed by atoms with E-state index >= 15 is 0 Å². The van der Waals surface area contributed by atoms with Crippen LogP contribution in [0.2, 0.25) is 0 Å². The average molecular weight is 708 g/mol. The standard InChI is InChI=1S/C50H37N5/c1-52-50(38-28-27-35-17-8-9-18-36(35)29-38)55(52)49(51-33-34-15-4-2-5-16-34)37-19-14-22-40(30-37)54-46-26-13-11-24-42(46)44-31-43-41-23-10-12-25-45(41)53(47(43)32-48(44)54)39-20-6-3-7-21-39/h2-32,50H,33H2,1H3/b51-49-. The van der Waals surface area contributed by atoms with Crippen LogP contribution in [-0.2, 0) is 6.54 Å². The van der Waals surface area contributed by atoms with Crippen molar-refractivity contribution in [2.75, 3.05) is 7.05 Å². The Labute approximate surface area is 319 Å². The van der Waals surface area contributed by atoms with E-state index in [4.69, 9.17) is 4.99 Å². The van der Waals surface area contributed by atoms with Gasteiger partial charge in [0.1, 0.15) is 12.0 Å². The van der Waals surface area contributed by atoms with E-state index in [1.807, 2.05) is 0 Å². The number of para-hydroxylation sites is 3. The van der Waals surface area contributed by atoms with Crippen LogP contribution in [0.4, 0.5) is 0 Å². The highest BCUT2D eigenvalue weighted by atomic mass is 15.9. The highest BCUT2D eigenvalue weighted by molar-refractivity contribution is 6.19. The van der Waals surface area contributed by atoms with E-state index in [2.05, 4.69) is 214 Å². The van der Waals surface area contributed by atoms with E-state index in [9.17, 15) is 0 Å². The van der Waals surface area contributed by atoms with Crippen LogP contribution < -0.4 is 0 Å². The first-order chi connectivity index (χ1) is 27.2. The summed E-state index contributed by atoms with van der Waals surface area (Å²) in [5.74, 6) is 0.957. The van der Waals surface area contributed by atoms with Gasteiger partial charge in [0.25, 0.3) is 0 Å². The van der Waals surface area contributed by atoms with E-state index in [-0.39, 0.29) is 6.17 Å². The molecular formula is C50H37N5. The van der Waals surface area contributed by atoms with Gasteiger partial charge in [0.2, 0.25) is 0 Å². The molecule has 5 heteroatoms. The Morgan fingerprint density at radius 1 is 0.473 bits per heavy atom. The van der Waals surface area contributed by atoms with E-state index in [0.717, 1.165) is 22.8 Å². The van der Waals surface area contributed by atoms with Gasteiger partial charge in [-0.05, 0) is 76.5 Å². The molecule has 5 nitrogen and oxygen atoms in total. The number of hydrazine groups is 1. The molecule has 0 bridgehead atoms. The SMILES string of the molecule is CN1C(c2ccc3ccccc3c2)N1/C(=N\Cc1ccccc1)c1cccc(-n2c3ccccc3c3cc4c5ccccc5n(-c5ccccc5)c4cc32)c1. The molecule has 55 heavy (non-hydrogen) atoms. The molecule has 1 aliphatic rings. The van der Waals surface area contributed by atoms with Crippen LogP contribution in [0.15, 0.2) is 193 Å². The number of nitrogens with zero attached hydrogens (tertiary/aromatic N) is 5. The smallest absolute Gasteiger partial charge is 0.147 e. The fourth-order valence-electron chi connectivity index (χ4n) is 8.64. The Kier molecular flexibility index (Phi) is 7.22. The van der Waals surface area contributed by atoms with Gasteiger partial charge in [-0.15, -0.1) is 0 Å². The first kappa shape index (κ1) is 31.6. The van der Waals surface area contributed by atoms with Crippen molar-refractivity contribution in [1.82, 2.24) is 19.2 Å². The first-order valence-electron chi connectivity index (χ1n) is 18.9. The summed E-state index contributed by atoms with van der Waals surface area (Å²) in [6, 6.07) is 67.9. The van der Waals surface area contributed by atoms with Crippen molar-refractivity contribution < 1.29 is 0 Å². The Morgan fingerprint density at radius 3 is 1.80 bits per heavy atom. The highest BCUT2D eigenvalue weighted by Gasteiger charge is 2.46. The van der Waals surface area contributed by atoms with E-state index < -0.39 is 0 Å². The van der Waals surface area contributed by atoms with Crippen LogP contribution in [0.1, 0.15) is 22.9 Å².